The number of anilines is 1. The van der Waals surface area contributed by atoms with E-state index in [1.54, 1.807) is 6.07 Å². The zero-order chi connectivity index (χ0) is 13.1. The van der Waals surface area contributed by atoms with Crippen molar-refractivity contribution in [3.05, 3.63) is 62.3 Å². The zero-order valence-electron chi connectivity index (χ0n) is 9.81. The molecule has 0 bridgehead atoms. The van der Waals surface area contributed by atoms with Crippen LogP contribution in [0.15, 0.2) is 45.3 Å². The summed E-state index contributed by atoms with van der Waals surface area (Å²) in [7, 11) is 0. The van der Waals surface area contributed by atoms with Gasteiger partial charge in [-0.3, -0.25) is 0 Å². The number of aryl methyl sites for hydroxylation is 1. The van der Waals surface area contributed by atoms with Gasteiger partial charge in [0.25, 0.3) is 0 Å². The van der Waals surface area contributed by atoms with Gasteiger partial charge >= 0.3 is 0 Å². The molecule has 0 atom stereocenters. The van der Waals surface area contributed by atoms with Crippen LogP contribution in [0.5, 0.6) is 0 Å². The predicted molar refractivity (Wildman–Crippen MR) is 80.3 cm³/mol. The van der Waals surface area contributed by atoms with Gasteiger partial charge in [-0.15, -0.1) is 0 Å². The van der Waals surface area contributed by atoms with E-state index in [1.165, 1.54) is 6.07 Å². The summed E-state index contributed by atoms with van der Waals surface area (Å²) in [5.41, 5.74) is 2.78. The molecule has 0 saturated heterocycles. The minimum Gasteiger partial charge on any atom is -0.380 e. The second-order valence-corrected chi connectivity index (χ2v) is 5.84. The molecule has 94 valence electrons. The summed E-state index contributed by atoms with van der Waals surface area (Å²) in [6.07, 6.45) is 0. The number of nitrogens with one attached hydrogen (secondary N) is 1. The Balaban J connectivity index is 2.13. The summed E-state index contributed by atoms with van der Waals surface area (Å²) in [6, 6.07) is 11.1. The maximum Gasteiger partial charge on any atom is 0.129 e. The summed E-state index contributed by atoms with van der Waals surface area (Å²) in [4.78, 5) is 0. The highest BCUT2D eigenvalue weighted by molar-refractivity contribution is 9.10. The fourth-order valence-electron chi connectivity index (χ4n) is 1.63. The van der Waals surface area contributed by atoms with Crippen LogP contribution in [0, 0.1) is 12.7 Å². The van der Waals surface area contributed by atoms with Crippen molar-refractivity contribution in [2.45, 2.75) is 13.5 Å². The van der Waals surface area contributed by atoms with Gasteiger partial charge in [-0.05, 0) is 52.7 Å². The Morgan fingerprint density at radius 2 is 1.89 bits per heavy atom. The Labute approximate surface area is 123 Å². The SMILES string of the molecule is Cc1ccc(Br)c(NCc2ccc(Br)cc2F)c1. The average Bonchev–Trinajstić information content (AvgIpc) is 2.32. The molecule has 2 aromatic rings. The number of hydrogen-bond donors (Lipinski definition) is 1. The van der Waals surface area contributed by atoms with E-state index in [-0.39, 0.29) is 5.82 Å². The molecule has 0 heterocycles. The van der Waals surface area contributed by atoms with Gasteiger partial charge in [0.15, 0.2) is 0 Å². The van der Waals surface area contributed by atoms with E-state index in [1.807, 2.05) is 31.2 Å². The lowest BCUT2D eigenvalue weighted by Gasteiger charge is -2.10. The third-order valence-corrected chi connectivity index (χ3v) is 3.79. The molecule has 1 N–H and O–H groups in total. The largest absolute Gasteiger partial charge is 0.380 e. The smallest absolute Gasteiger partial charge is 0.129 e. The minimum atomic E-state index is -0.208. The molecule has 0 aromatic heterocycles. The lowest BCUT2D eigenvalue weighted by Crippen LogP contribution is -2.02. The van der Waals surface area contributed by atoms with Gasteiger partial charge in [-0.1, -0.05) is 28.1 Å². The van der Waals surface area contributed by atoms with Gasteiger partial charge in [-0.25, -0.2) is 4.39 Å². The molecule has 0 radical (unpaired) electrons. The number of halogens is 3. The van der Waals surface area contributed by atoms with Crippen LogP contribution in [-0.2, 0) is 6.54 Å². The molecule has 0 spiro atoms. The van der Waals surface area contributed by atoms with Crippen molar-refractivity contribution in [3.63, 3.8) is 0 Å². The lowest BCUT2D eigenvalue weighted by atomic mass is 10.2. The van der Waals surface area contributed by atoms with Crippen LogP contribution >= 0.6 is 31.9 Å². The van der Waals surface area contributed by atoms with E-state index in [4.69, 9.17) is 0 Å². The standard InChI is InChI=1S/C14H12Br2FN/c1-9-2-5-12(16)14(6-9)18-8-10-3-4-11(15)7-13(10)17/h2-7,18H,8H2,1H3. The zero-order valence-corrected chi connectivity index (χ0v) is 13.0. The predicted octanol–water partition coefficient (Wildman–Crippen LogP) is 5.27. The molecule has 2 rings (SSSR count). The topological polar surface area (TPSA) is 12.0 Å². The van der Waals surface area contributed by atoms with E-state index in [2.05, 4.69) is 37.2 Å². The number of benzene rings is 2. The second kappa shape index (κ2) is 5.85. The lowest BCUT2D eigenvalue weighted by molar-refractivity contribution is 0.612. The van der Waals surface area contributed by atoms with Crippen molar-refractivity contribution in [2.75, 3.05) is 5.32 Å². The fraction of sp³-hybridized carbons (Fsp3) is 0.143. The van der Waals surface area contributed by atoms with Crippen molar-refractivity contribution >= 4 is 37.5 Å². The first-order chi connectivity index (χ1) is 8.56. The van der Waals surface area contributed by atoms with Crippen molar-refractivity contribution in [1.82, 2.24) is 0 Å². The molecule has 2 aromatic carbocycles. The molecular formula is C14H12Br2FN. The molecule has 1 nitrogen and oxygen atoms in total. The Kier molecular flexibility index (Phi) is 4.40. The van der Waals surface area contributed by atoms with Crippen LogP contribution in [0.2, 0.25) is 0 Å². The van der Waals surface area contributed by atoms with Crippen molar-refractivity contribution < 1.29 is 4.39 Å². The summed E-state index contributed by atoms with van der Waals surface area (Å²) in [5.74, 6) is -0.208. The van der Waals surface area contributed by atoms with Crippen LogP contribution in [0.3, 0.4) is 0 Å². The normalized spacial score (nSPS) is 10.4. The van der Waals surface area contributed by atoms with Crippen LogP contribution in [0.25, 0.3) is 0 Å². The van der Waals surface area contributed by atoms with E-state index in [0.717, 1.165) is 20.2 Å². The van der Waals surface area contributed by atoms with Gasteiger partial charge < -0.3 is 5.32 Å². The van der Waals surface area contributed by atoms with E-state index < -0.39 is 0 Å². The summed E-state index contributed by atoms with van der Waals surface area (Å²) in [5, 5.41) is 3.23. The third-order valence-electron chi connectivity index (χ3n) is 2.61. The van der Waals surface area contributed by atoms with Gasteiger partial charge in [-0.2, -0.15) is 0 Å². The first kappa shape index (κ1) is 13.6. The molecular weight excluding hydrogens is 361 g/mol. The molecule has 0 aliphatic heterocycles. The van der Waals surface area contributed by atoms with Gasteiger partial charge in [0, 0.05) is 26.7 Å². The Morgan fingerprint density at radius 3 is 2.61 bits per heavy atom. The van der Waals surface area contributed by atoms with Crippen molar-refractivity contribution in [1.29, 1.82) is 0 Å². The quantitative estimate of drug-likeness (QED) is 0.773. The molecule has 0 amide bonds. The maximum absolute atomic E-state index is 13.7. The van der Waals surface area contributed by atoms with Gasteiger partial charge in [0.2, 0.25) is 0 Å². The highest BCUT2D eigenvalue weighted by atomic mass is 79.9. The Morgan fingerprint density at radius 1 is 1.11 bits per heavy atom. The van der Waals surface area contributed by atoms with E-state index in [9.17, 15) is 4.39 Å². The van der Waals surface area contributed by atoms with Crippen molar-refractivity contribution in [2.24, 2.45) is 0 Å². The van der Waals surface area contributed by atoms with Crippen LogP contribution < -0.4 is 5.32 Å². The first-order valence-corrected chi connectivity index (χ1v) is 7.09. The highest BCUT2D eigenvalue weighted by Crippen LogP contribution is 2.24. The van der Waals surface area contributed by atoms with Gasteiger partial charge in [0.1, 0.15) is 5.82 Å². The monoisotopic (exact) mass is 371 g/mol. The highest BCUT2D eigenvalue weighted by Gasteiger charge is 2.04. The average molecular weight is 373 g/mol. The van der Waals surface area contributed by atoms with Crippen molar-refractivity contribution in [3.8, 4) is 0 Å². The number of hydrogen-bond acceptors (Lipinski definition) is 1. The molecule has 0 aliphatic carbocycles. The summed E-state index contributed by atoms with van der Waals surface area (Å²) in [6.45, 7) is 2.49. The van der Waals surface area contributed by atoms with Gasteiger partial charge in [0.05, 0.1) is 0 Å². The molecule has 18 heavy (non-hydrogen) atoms. The minimum absolute atomic E-state index is 0.208. The van der Waals surface area contributed by atoms with E-state index >= 15 is 0 Å². The third kappa shape index (κ3) is 3.33. The van der Waals surface area contributed by atoms with Crippen LogP contribution in [0.4, 0.5) is 10.1 Å². The molecule has 0 unspecified atom stereocenters. The summed E-state index contributed by atoms with van der Waals surface area (Å²) < 4.78 is 15.4. The fourth-order valence-corrected chi connectivity index (χ4v) is 2.35. The Bertz CT molecular complexity index is 570. The molecule has 0 fully saturated rings. The second-order valence-electron chi connectivity index (χ2n) is 4.07. The van der Waals surface area contributed by atoms with Crippen LogP contribution in [-0.4, -0.2) is 0 Å². The molecule has 4 heteroatoms. The Hall–Kier alpha value is -0.870. The summed E-state index contributed by atoms with van der Waals surface area (Å²) >= 11 is 6.72. The molecule has 0 saturated carbocycles. The maximum atomic E-state index is 13.7. The molecule has 0 aliphatic rings. The van der Waals surface area contributed by atoms with Crippen LogP contribution in [0.1, 0.15) is 11.1 Å². The first-order valence-electron chi connectivity index (χ1n) is 5.50. The number of rotatable bonds is 3. The van der Waals surface area contributed by atoms with E-state index in [0.29, 0.717) is 12.1 Å².